The van der Waals surface area contributed by atoms with Crippen LogP contribution >= 0.6 is 0 Å². The Hall–Kier alpha value is -1.28. The molecule has 0 bridgehead atoms. The lowest BCUT2D eigenvalue weighted by molar-refractivity contribution is 0.470. The van der Waals surface area contributed by atoms with E-state index < -0.39 is 0 Å². The van der Waals surface area contributed by atoms with Crippen molar-refractivity contribution in [2.24, 2.45) is 5.73 Å². The van der Waals surface area contributed by atoms with Crippen LogP contribution in [-0.2, 0) is 0 Å². The smallest absolute Gasteiger partial charge is 0.119 e. The van der Waals surface area contributed by atoms with Gasteiger partial charge in [-0.15, -0.1) is 0 Å². The zero-order chi connectivity index (χ0) is 9.84. The van der Waals surface area contributed by atoms with Crippen LogP contribution in [0.25, 0.3) is 6.08 Å². The zero-order valence-electron chi connectivity index (χ0n) is 8.04. The van der Waals surface area contributed by atoms with Crippen LogP contribution in [0.3, 0.4) is 0 Å². The van der Waals surface area contributed by atoms with Gasteiger partial charge in [0.2, 0.25) is 0 Å². The predicted molar refractivity (Wildman–Crippen MR) is 55.7 cm³/mol. The van der Waals surface area contributed by atoms with Gasteiger partial charge in [-0.25, -0.2) is 0 Å². The molecule has 0 spiro atoms. The van der Waals surface area contributed by atoms with Crippen molar-refractivity contribution in [2.45, 2.75) is 13.8 Å². The monoisotopic (exact) mass is 177 g/mol. The molecule has 0 unspecified atom stereocenters. The summed E-state index contributed by atoms with van der Waals surface area (Å²) in [6, 6.07) is 3.77. The van der Waals surface area contributed by atoms with Crippen molar-refractivity contribution in [3.05, 3.63) is 34.9 Å². The molecule has 0 radical (unpaired) electrons. The molecule has 1 aromatic rings. The lowest BCUT2D eigenvalue weighted by atomic mass is 10.0. The summed E-state index contributed by atoms with van der Waals surface area (Å²) >= 11 is 0. The maximum atomic E-state index is 9.52. The molecule has 0 amide bonds. The van der Waals surface area contributed by atoms with Gasteiger partial charge in [0.05, 0.1) is 0 Å². The first-order chi connectivity index (χ1) is 6.15. The summed E-state index contributed by atoms with van der Waals surface area (Å²) in [7, 11) is 0. The van der Waals surface area contributed by atoms with Gasteiger partial charge in [-0.2, -0.15) is 0 Å². The molecule has 70 valence electrons. The Balaban J connectivity index is 3.06. The normalized spacial score (nSPS) is 11.0. The molecule has 0 aliphatic carbocycles. The van der Waals surface area contributed by atoms with Gasteiger partial charge in [-0.3, -0.25) is 0 Å². The fourth-order valence-electron chi connectivity index (χ4n) is 1.17. The number of phenolic OH excluding ortho intramolecular Hbond substituents is 1. The standard InChI is InChI=1S/C11H15NO/c1-8-6-10(4-3-5-12)7-11(13)9(8)2/h3-4,6-7,13H,5,12H2,1-2H3/b4-3+. The topological polar surface area (TPSA) is 46.2 Å². The Bertz CT molecular complexity index is 306. The Labute approximate surface area is 78.7 Å². The summed E-state index contributed by atoms with van der Waals surface area (Å²) < 4.78 is 0. The molecule has 2 heteroatoms. The van der Waals surface area contributed by atoms with E-state index in [4.69, 9.17) is 5.73 Å². The van der Waals surface area contributed by atoms with Crippen LogP contribution in [0.2, 0.25) is 0 Å². The Kier molecular flexibility index (Phi) is 3.09. The summed E-state index contributed by atoms with van der Waals surface area (Å²) in [5.74, 6) is 0.344. The SMILES string of the molecule is Cc1cc(/C=C/CN)cc(O)c1C. The summed E-state index contributed by atoms with van der Waals surface area (Å²) in [6.07, 6.45) is 3.77. The number of benzene rings is 1. The van der Waals surface area contributed by atoms with E-state index in [1.54, 1.807) is 6.07 Å². The van der Waals surface area contributed by atoms with Gasteiger partial charge in [0.25, 0.3) is 0 Å². The van der Waals surface area contributed by atoms with Crippen molar-refractivity contribution in [3.63, 3.8) is 0 Å². The van der Waals surface area contributed by atoms with Crippen molar-refractivity contribution in [1.82, 2.24) is 0 Å². The molecule has 0 heterocycles. The number of aromatic hydroxyl groups is 1. The van der Waals surface area contributed by atoms with E-state index in [1.165, 1.54) is 0 Å². The molecular formula is C11H15NO. The van der Waals surface area contributed by atoms with Gasteiger partial charge in [0.1, 0.15) is 5.75 Å². The van der Waals surface area contributed by atoms with E-state index in [9.17, 15) is 5.11 Å². The first-order valence-electron chi connectivity index (χ1n) is 4.32. The molecule has 0 aliphatic heterocycles. The molecule has 1 rings (SSSR count). The van der Waals surface area contributed by atoms with Crippen LogP contribution in [0.1, 0.15) is 16.7 Å². The number of hydrogen-bond donors (Lipinski definition) is 2. The molecular weight excluding hydrogens is 162 g/mol. The second kappa shape index (κ2) is 4.10. The van der Waals surface area contributed by atoms with Crippen LogP contribution in [0.5, 0.6) is 5.75 Å². The maximum absolute atomic E-state index is 9.52. The number of aryl methyl sites for hydroxylation is 1. The lowest BCUT2D eigenvalue weighted by Crippen LogP contribution is -1.92. The minimum Gasteiger partial charge on any atom is -0.508 e. The van der Waals surface area contributed by atoms with Crippen molar-refractivity contribution < 1.29 is 5.11 Å². The van der Waals surface area contributed by atoms with Crippen LogP contribution < -0.4 is 5.73 Å². The fourth-order valence-corrected chi connectivity index (χ4v) is 1.17. The van der Waals surface area contributed by atoms with E-state index in [0.717, 1.165) is 16.7 Å². The summed E-state index contributed by atoms with van der Waals surface area (Å²) in [6.45, 7) is 4.41. The molecule has 2 nitrogen and oxygen atoms in total. The van der Waals surface area contributed by atoms with Gasteiger partial charge >= 0.3 is 0 Å². The summed E-state index contributed by atoms with van der Waals surface area (Å²) in [4.78, 5) is 0. The third-order valence-corrected chi connectivity index (χ3v) is 2.11. The Morgan fingerprint density at radius 2 is 2.08 bits per heavy atom. The maximum Gasteiger partial charge on any atom is 0.119 e. The third kappa shape index (κ3) is 2.33. The predicted octanol–water partition coefficient (Wildman–Crippen LogP) is 1.98. The zero-order valence-corrected chi connectivity index (χ0v) is 8.04. The Morgan fingerprint density at radius 1 is 1.38 bits per heavy atom. The van der Waals surface area contributed by atoms with E-state index in [0.29, 0.717) is 12.3 Å². The molecule has 0 aliphatic rings. The highest BCUT2D eigenvalue weighted by molar-refractivity contribution is 5.55. The second-order valence-corrected chi connectivity index (χ2v) is 3.12. The average Bonchev–Trinajstić information content (AvgIpc) is 2.10. The van der Waals surface area contributed by atoms with E-state index in [-0.39, 0.29) is 0 Å². The third-order valence-electron chi connectivity index (χ3n) is 2.11. The number of phenols is 1. The van der Waals surface area contributed by atoms with E-state index >= 15 is 0 Å². The van der Waals surface area contributed by atoms with E-state index in [2.05, 4.69) is 0 Å². The first-order valence-corrected chi connectivity index (χ1v) is 4.32. The lowest BCUT2D eigenvalue weighted by Gasteiger charge is -2.04. The van der Waals surface area contributed by atoms with E-state index in [1.807, 2.05) is 32.1 Å². The number of hydrogen-bond acceptors (Lipinski definition) is 2. The highest BCUT2D eigenvalue weighted by atomic mass is 16.3. The first kappa shape index (κ1) is 9.81. The minimum atomic E-state index is 0.344. The van der Waals surface area contributed by atoms with Crippen LogP contribution in [0, 0.1) is 13.8 Å². The van der Waals surface area contributed by atoms with Crippen molar-refractivity contribution >= 4 is 6.08 Å². The van der Waals surface area contributed by atoms with Gasteiger partial charge in [-0.05, 0) is 36.6 Å². The number of rotatable bonds is 2. The summed E-state index contributed by atoms with van der Waals surface area (Å²) in [5, 5.41) is 9.52. The second-order valence-electron chi connectivity index (χ2n) is 3.12. The summed E-state index contributed by atoms with van der Waals surface area (Å²) in [5.41, 5.74) is 8.35. The highest BCUT2D eigenvalue weighted by Gasteiger charge is 2.00. The van der Waals surface area contributed by atoms with Gasteiger partial charge in [-0.1, -0.05) is 18.2 Å². The molecule has 0 atom stereocenters. The molecule has 0 aromatic heterocycles. The van der Waals surface area contributed by atoms with Crippen LogP contribution in [-0.4, -0.2) is 11.7 Å². The molecule has 3 N–H and O–H groups in total. The van der Waals surface area contributed by atoms with Crippen LogP contribution in [0.4, 0.5) is 0 Å². The molecule has 0 saturated carbocycles. The fraction of sp³-hybridized carbons (Fsp3) is 0.273. The van der Waals surface area contributed by atoms with Gasteiger partial charge < -0.3 is 10.8 Å². The average molecular weight is 177 g/mol. The highest BCUT2D eigenvalue weighted by Crippen LogP contribution is 2.22. The molecule has 13 heavy (non-hydrogen) atoms. The van der Waals surface area contributed by atoms with Crippen molar-refractivity contribution in [1.29, 1.82) is 0 Å². The van der Waals surface area contributed by atoms with Crippen LogP contribution in [0.15, 0.2) is 18.2 Å². The minimum absolute atomic E-state index is 0.344. The quantitative estimate of drug-likeness (QED) is 0.725. The Morgan fingerprint density at radius 3 is 2.62 bits per heavy atom. The van der Waals surface area contributed by atoms with Gasteiger partial charge in [0, 0.05) is 6.54 Å². The van der Waals surface area contributed by atoms with Crippen molar-refractivity contribution in [2.75, 3.05) is 6.54 Å². The molecule has 0 saturated heterocycles. The number of nitrogens with two attached hydrogens (primary N) is 1. The van der Waals surface area contributed by atoms with Crippen molar-refractivity contribution in [3.8, 4) is 5.75 Å². The molecule has 0 fully saturated rings. The van der Waals surface area contributed by atoms with Gasteiger partial charge in [0.15, 0.2) is 0 Å². The molecule has 1 aromatic carbocycles. The largest absolute Gasteiger partial charge is 0.508 e.